The molecule has 3 N–H and O–H groups in total. The molecule has 2 atom stereocenters. The minimum atomic E-state index is -4.95. The molecule has 8 rings (SSSR count). The van der Waals surface area contributed by atoms with Crippen LogP contribution in [0.2, 0.25) is 10.0 Å². The van der Waals surface area contributed by atoms with Gasteiger partial charge in [0.2, 0.25) is 0 Å². The van der Waals surface area contributed by atoms with Gasteiger partial charge >= 0.3 is 139 Å². The van der Waals surface area contributed by atoms with Crippen LogP contribution in [0.1, 0.15) is 35.1 Å². The average Bonchev–Trinajstić information content (AvgIpc) is 0.799. The largest absolute Gasteiger partial charge is 1.00 e. The summed E-state index contributed by atoms with van der Waals surface area (Å²) < 4.78 is 152. The van der Waals surface area contributed by atoms with E-state index in [-0.39, 0.29) is 174 Å². The second-order valence-electron chi connectivity index (χ2n) is 17.8. The Labute approximate surface area is 609 Å². The van der Waals surface area contributed by atoms with Crippen molar-refractivity contribution in [3.63, 3.8) is 0 Å². The quantitative estimate of drug-likeness (QED) is 0.0140. The third-order valence-corrected chi connectivity index (χ3v) is 12.1. The Hall–Kier alpha value is -6.41. The van der Waals surface area contributed by atoms with E-state index in [2.05, 4.69) is 34.4 Å². The van der Waals surface area contributed by atoms with Crippen LogP contribution in [0.5, 0.6) is 23.0 Å². The van der Waals surface area contributed by atoms with Crippen molar-refractivity contribution in [3.8, 4) is 23.0 Å². The van der Waals surface area contributed by atoms with Gasteiger partial charge in [-0.1, -0.05) is 83.9 Å². The number of pyridine rings is 2. The Kier molecular flexibility index (Phi) is 31.8. The summed E-state index contributed by atoms with van der Waals surface area (Å²) in [4.78, 5) is 63.2. The summed E-state index contributed by atoms with van der Waals surface area (Å²) in [7, 11) is 0. The van der Waals surface area contributed by atoms with Crippen LogP contribution in [0.15, 0.2) is 182 Å². The Morgan fingerprint density at radius 3 is 1.37 bits per heavy atom. The third kappa shape index (κ3) is 24.2. The number of halogens is 13. The second-order valence-corrected chi connectivity index (χ2v) is 18.9. The molecule has 0 aliphatic carbocycles. The molecule has 2 aromatic heterocycles. The van der Waals surface area contributed by atoms with Gasteiger partial charge in [-0.25, -0.2) is 18.4 Å². The number of amides is 1. The first-order valence-electron chi connectivity index (χ1n) is 24.5. The Morgan fingerprint density at radius 1 is 0.593 bits per heavy atom. The van der Waals surface area contributed by atoms with E-state index in [4.69, 9.17) is 55.3 Å². The summed E-state index contributed by atoms with van der Waals surface area (Å²) in [5, 5.41) is 32.7. The molecule has 0 radical (unpaired) electrons. The monoisotopic (exact) mass is 1390 g/mol. The van der Waals surface area contributed by atoms with E-state index in [1.54, 1.807) is 60.7 Å². The number of hydrogen-bond donors (Lipinski definition) is 2. The number of alkyl halides is 8. The van der Waals surface area contributed by atoms with Crippen molar-refractivity contribution >= 4 is 64.2 Å². The number of aromatic nitrogens is 2. The van der Waals surface area contributed by atoms with Crippen molar-refractivity contribution in [2.24, 2.45) is 5.73 Å². The zero-order valence-corrected chi connectivity index (χ0v) is 55.1. The molecule has 91 heavy (non-hydrogen) atoms. The molecule has 2 heterocycles. The van der Waals surface area contributed by atoms with Crippen LogP contribution in [-0.4, -0.2) is 62.9 Å². The number of ether oxygens (including phenoxy) is 4. The molecule has 6 aromatic carbocycles. The molecule has 0 saturated carbocycles. The second kappa shape index (κ2) is 36.7. The molecule has 8 aromatic rings. The molecule has 0 bridgehead atoms. The first kappa shape index (κ1) is 78.8. The van der Waals surface area contributed by atoms with E-state index in [0.29, 0.717) is 22.7 Å². The number of benzene rings is 6. The molecule has 470 valence electrons. The number of rotatable bonds is 20. The summed E-state index contributed by atoms with van der Waals surface area (Å²) in [6.45, 7) is -0.181. The first-order valence-corrected chi connectivity index (χ1v) is 25.6. The summed E-state index contributed by atoms with van der Waals surface area (Å²) in [5.74, 6) is -3.80. The van der Waals surface area contributed by atoms with Crippen molar-refractivity contribution in [2.75, 3.05) is 0 Å². The Morgan fingerprint density at radius 2 is 0.989 bits per heavy atom. The summed E-state index contributed by atoms with van der Waals surface area (Å²) in [6.07, 6.45) is -16.7. The van der Waals surface area contributed by atoms with Crippen LogP contribution in [0.25, 0.3) is 0 Å². The Balaban J connectivity index is 0.000000501. The zero-order chi connectivity index (χ0) is 65.7. The molecule has 0 aliphatic heterocycles. The summed E-state index contributed by atoms with van der Waals surface area (Å²) in [6, 6.07) is 37.5. The van der Waals surface area contributed by atoms with Gasteiger partial charge < -0.3 is 41.6 Å². The molecular weight excluding hydrogens is 1350 g/mol. The normalized spacial score (nSPS) is 12.1. The van der Waals surface area contributed by atoms with Crippen LogP contribution in [0.4, 0.5) is 64.9 Å². The maximum atomic E-state index is 14.9. The van der Waals surface area contributed by atoms with E-state index < -0.39 is 80.6 Å². The van der Waals surface area contributed by atoms with Crippen molar-refractivity contribution in [2.45, 2.75) is 49.0 Å². The van der Waals surface area contributed by atoms with Gasteiger partial charge in [-0.05, 0) is 95.1 Å². The minimum Gasteiger partial charge on any atom is -1.00 e. The molecule has 34 heteroatoms. The number of hydrogen-bond acceptors (Lipinski definition) is 16. The maximum Gasteiger partial charge on any atom is 1.00 e. The first-order chi connectivity index (χ1) is 42.0. The molecule has 0 aliphatic rings. The number of carbonyl (C=O) groups excluding carboxylic acids is 3. The number of nitrogens with zero attached hydrogens (tertiary/aromatic N) is 4. The van der Waals surface area contributed by atoms with Crippen molar-refractivity contribution in [1.82, 2.24) is 15.3 Å². The molecule has 0 fully saturated rings. The number of nitro benzene ring substituents is 2. The zero-order valence-electron chi connectivity index (χ0n) is 47.6. The van der Waals surface area contributed by atoms with Crippen LogP contribution in [-0.2, 0) is 33.6 Å². The van der Waals surface area contributed by atoms with Crippen molar-refractivity contribution in [3.05, 3.63) is 258 Å². The van der Waals surface area contributed by atoms with E-state index in [1.165, 1.54) is 60.9 Å². The molecule has 0 spiro atoms. The molecule has 0 unspecified atom stereocenters. The van der Waals surface area contributed by atoms with Crippen LogP contribution < -0.4 is 138 Å². The number of carbonyl (C=O) groups is 3. The average molecular weight is 1390 g/mol. The predicted octanol–water partition coefficient (Wildman–Crippen LogP) is 7.74. The fourth-order valence-corrected chi connectivity index (χ4v) is 8.08. The van der Waals surface area contributed by atoms with Gasteiger partial charge in [0.1, 0.15) is 40.2 Å². The number of nitrogens with two attached hydrogens (primary N) is 1. The number of nitro groups is 2. The topological polar surface area (TPSA) is 271 Å². The molecule has 19 nitrogen and oxygen atoms in total. The van der Waals surface area contributed by atoms with Gasteiger partial charge in [-0.3, -0.25) is 35.0 Å². The van der Waals surface area contributed by atoms with Crippen molar-refractivity contribution in [1.29, 1.82) is 0 Å². The van der Waals surface area contributed by atoms with E-state index in [9.17, 15) is 73.7 Å². The SMILES string of the molecule is N[C@@](Cc1ccccc1)(c1cc(F)cc(OC(F)(F)C(F)F)c1)c1ccc(Cl)cn1.O=C(Cl)Oc1ccc([N+](=O)[O-])cc1.O=C(N[C@@](Cc1ccccc1)(c1cc(F)cc(OC(F)(F)C(F)F)c1)c1ccc(Cl)cn1)Oc1ccc([N+](=O)[O-])cc1.O=CO[O-].[H-].[K+].[K+]. The predicted molar refractivity (Wildman–Crippen MR) is 296 cm³/mol. The van der Waals surface area contributed by atoms with Gasteiger partial charge in [0.25, 0.3) is 17.8 Å². The van der Waals surface area contributed by atoms with Crippen LogP contribution in [0.3, 0.4) is 0 Å². The number of nitrogens with one attached hydrogen (secondary N) is 1. The van der Waals surface area contributed by atoms with Gasteiger partial charge in [0.15, 0.2) is 0 Å². The van der Waals surface area contributed by atoms with Crippen molar-refractivity contribution < 1.29 is 201 Å². The molecular formula is C57H41Cl3F10K2N6O13. The fraction of sp³-hybridized carbons (Fsp3) is 0.140. The number of non-ortho nitro benzene ring substituents is 2. The van der Waals surface area contributed by atoms with E-state index >= 15 is 0 Å². The van der Waals surface area contributed by atoms with E-state index in [0.717, 1.165) is 54.1 Å². The van der Waals surface area contributed by atoms with Gasteiger partial charge in [-0.2, -0.15) is 35.1 Å². The summed E-state index contributed by atoms with van der Waals surface area (Å²) >= 11 is 16.8. The standard InChI is InChI=1S/C28H19ClF5N3O5.C21H16ClF5N2O.C7H4ClNO4.CH2O3.2K.H/c29-19-6-11-24(35-16-19)27(15-17-4-2-1-3-5-17,36-26(38)41-22-9-7-21(8-10-22)37(39)40)18-12-20(30)14-23(13-18)42-28(33,34)25(31)32;22-15-6-7-18(29-12-15)20(28,11-13-4-2-1-3-5-13)14-8-16(23)10-17(9-14)30-21(26,27)19(24)25;8-7(10)13-6-3-1-5(2-4-6)9(11)12;2-1-4-3;;;/h1-14,16,25H,15H2,(H,36,38);1-10,12,19H,11,28H2;1-4H;1,3H;;;/q;;;;2*+1;-1/p-1/t27-;20-;;;;;/m00...../s1. The van der Waals surface area contributed by atoms with Gasteiger partial charge in [0, 0.05) is 73.2 Å². The fourth-order valence-electron chi connectivity index (χ4n) is 7.77. The molecule has 0 saturated heterocycles. The summed E-state index contributed by atoms with van der Waals surface area (Å²) in [5.41, 5.74) is 3.33. The van der Waals surface area contributed by atoms with Crippen LogP contribution in [0, 0.1) is 31.9 Å². The van der Waals surface area contributed by atoms with Gasteiger partial charge in [0.05, 0.1) is 36.8 Å². The Bertz CT molecular complexity index is 3680. The van der Waals surface area contributed by atoms with Gasteiger partial charge in [-0.15, -0.1) is 0 Å². The third-order valence-electron chi connectivity index (χ3n) is 11.6. The minimum absolute atomic E-state index is 0. The van der Waals surface area contributed by atoms with E-state index in [1.807, 2.05) is 0 Å². The maximum absolute atomic E-state index is 14.9. The van der Waals surface area contributed by atoms with Crippen LogP contribution >= 0.6 is 34.8 Å². The molecule has 1 amide bonds. The smallest absolute Gasteiger partial charge is 1.00 e.